The standard InChI is InChI=1S/C16H24BrFN2O/c1-21-16(11-5-3-2-4-6-11)15(20-19)10-12-9-13(17)7-8-14(12)18/h7-9,11,15-16,20H,2-6,10,19H2,1H3. The van der Waals surface area contributed by atoms with Gasteiger partial charge in [0.25, 0.3) is 0 Å². The number of benzene rings is 1. The lowest BCUT2D eigenvalue weighted by molar-refractivity contribution is 0.00809. The minimum absolute atomic E-state index is 0.0219. The number of hydrogen-bond acceptors (Lipinski definition) is 3. The number of rotatable bonds is 6. The smallest absolute Gasteiger partial charge is 0.126 e. The third kappa shape index (κ3) is 4.49. The monoisotopic (exact) mass is 358 g/mol. The Morgan fingerprint density at radius 1 is 1.38 bits per heavy atom. The number of nitrogens with one attached hydrogen (secondary N) is 1. The average Bonchev–Trinajstić information content (AvgIpc) is 2.51. The Morgan fingerprint density at radius 3 is 2.71 bits per heavy atom. The van der Waals surface area contributed by atoms with Gasteiger partial charge in [0, 0.05) is 11.6 Å². The van der Waals surface area contributed by atoms with Crippen LogP contribution >= 0.6 is 15.9 Å². The molecule has 21 heavy (non-hydrogen) atoms. The molecule has 118 valence electrons. The lowest BCUT2D eigenvalue weighted by atomic mass is 9.81. The third-order valence-corrected chi connectivity index (χ3v) is 4.94. The molecule has 2 unspecified atom stereocenters. The van der Waals surface area contributed by atoms with Crippen molar-refractivity contribution in [2.24, 2.45) is 11.8 Å². The Hall–Kier alpha value is -0.490. The van der Waals surface area contributed by atoms with Crippen molar-refractivity contribution >= 4 is 15.9 Å². The highest BCUT2D eigenvalue weighted by atomic mass is 79.9. The van der Waals surface area contributed by atoms with Crippen LogP contribution in [0.15, 0.2) is 22.7 Å². The fourth-order valence-corrected chi connectivity index (χ4v) is 3.76. The molecule has 1 saturated carbocycles. The molecule has 0 aliphatic heterocycles. The maximum Gasteiger partial charge on any atom is 0.126 e. The van der Waals surface area contributed by atoms with Gasteiger partial charge >= 0.3 is 0 Å². The van der Waals surface area contributed by atoms with Crippen molar-refractivity contribution in [1.82, 2.24) is 5.43 Å². The molecule has 0 spiro atoms. The first-order valence-corrected chi connectivity index (χ1v) is 8.38. The van der Waals surface area contributed by atoms with Crippen molar-refractivity contribution in [2.75, 3.05) is 7.11 Å². The van der Waals surface area contributed by atoms with E-state index in [2.05, 4.69) is 21.4 Å². The predicted molar refractivity (Wildman–Crippen MR) is 86.3 cm³/mol. The van der Waals surface area contributed by atoms with E-state index in [0.29, 0.717) is 17.9 Å². The number of methoxy groups -OCH3 is 1. The van der Waals surface area contributed by atoms with Crippen LogP contribution in [0.2, 0.25) is 0 Å². The second kappa shape index (κ2) is 8.22. The van der Waals surface area contributed by atoms with Crippen LogP contribution in [0.3, 0.4) is 0 Å². The van der Waals surface area contributed by atoms with E-state index >= 15 is 0 Å². The van der Waals surface area contributed by atoms with Gasteiger partial charge in [-0.1, -0.05) is 35.2 Å². The molecule has 0 saturated heterocycles. The molecule has 2 rings (SSSR count). The van der Waals surface area contributed by atoms with Crippen molar-refractivity contribution in [3.8, 4) is 0 Å². The van der Waals surface area contributed by atoms with Crippen molar-refractivity contribution < 1.29 is 9.13 Å². The summed E-state index contributed by atoms with van der Waals surface area (Å²) < 4.78 is 20.5. The molecule has 2 atom stereocenters. The van der Waals surface area contributed by atoms with E-state index in [1.165, 1.54) is 25.3 Å². The van der Waals surface area contributed by atoms with Crippen molar-refractivity contribution in [3.05, 3.63) is 34.1 Å². The van der Waals surface area contributed by atoms with Crippen LogP contribution in [-0.4, -0.2) is 19.3 Å². The summed E-state index contributed by atoms with van der Waals surface area (Å²) in [5.74, 6) is 6.03. The van der Waals surface area contributed by atoms with Gasteiger partial charge in [-0.25, -0.2) is 4.39 Å². The largest absolute Gasteiger partial charge is 0.379 e. The van der Waals surface area contributed by atoms with E-state index in [1.54, 1.807) is 13.2 Å². The van der Waals surface area contributed by atoms with Crippen LogP contribution in [0, 0.1) is 11.7 Å². The zero-order valence-electron chi connectivity index (χ0n) is 12.4. The van der Waals surface area contributed by atoms with E-state index in [0.717, 1.165) is 17.3 Å². The molecule has 1 fully saturated rings. The van der Waals surface area contributed by atoms with Gasteiger partial charge in [0.1, 0.15) is 5.82 Å². The zero-order chi connectivity index (χ0) is 15.2. The Kier molecular flexibility index (Phi) is 6.61. The molecule has 1 aromatic carbocycles. The second-order valence-corrected chi connectivity index (χ2v) is 6.73. The molecule has 0 heterocycles. The van der Waals surface area contributed by atoms with Gasteiger partial charge < -0.3 is 4.74 Å². The number of halogens is 2. The van der Waals surface area contributed by atoms with Crippen LogP contribution in [0.4, 0.5) is 4.39 Å². The van der Waals surface area contributed by atoms with E-state index in [1.807, 2.05) is 6.07 Å². The van der Waals surface area contributed by atoms with Gasteiger partial charge in [0.05, 0.1) is 12.1 Å². The molecule has 3 nitrogen and oxygen atoms in total. The Morgan fingerprint density at radius 2 is 2.10 bits per heavy atom. The first-order chi connectivity index (χ1) is 10.2. The Balaban J connectivity index is 2.11. The fourth-order valence-electron chi connectivity index (χ4n) is 3.35. The molecular weight excluding hydrogens is 335 g/mol. The van der Waals surface area contributed by atoms with E-state index in [4.69, 9.17) is 10.6 Å². The summed E-state index contributed by atoms with van der Waals surface area (Å²) >= 11 is 3.39. The lowest BCUT2D eigenvalue weighted by Gasteiger charge is -2.34. The average molecular weight is 359 g/mol. The molecule has 1 aliphatic carbocycles. The van der Waals surface area contributed by atoms with E-state index < -0.39 is 0 Å². The molecule has 0 radical (unpaired) electrons. The summed E-state index contributed by atoms with van der Waals surface area (Å²) in [5.41, 5.74) is 3.50. The molecule has 0 aromatic heterocycles. The molecule has 3 N–H and O–H groups in total. The minimum atomic E-state index is -0.197. The van der Waals surface area contributed by atoms with Gasteiger partial charge in [-0.05, 0) is 48.9 Å². The number of hydrogen-bond donors (Lipinski definition) is 2. The minimum Gasteiger partial charge on any atom is -0.379 e. The maximum absolute atomic E-state index is 13.9. The summed E-state index contributed by atoms with van der Waals surface area (Å²) in [4.78, 5) is 0. The van der Waals surface area contributed by atoms with Gasteiger partial charge in [0.15, 0.2) is 0 Å². The van der Waals surface area contributed by atoms with E-state index in [9.17, 15) is 4.39 Å². The van der Waals surface area contributed by atoms with Gasteiger partial charge in [-0.2, -0.15) is 0 Å². The van der Waals surface area contributed by atoms with Crippen LogP contribution in [0.1, 0.15) is 37.7 Å². The zero-order valence-corrected chi connectivity index (χ0v) is 14.0. The third-order valence-electron chi connectivity index (χ3n) is 4.44. The van der Waals surface area contributed by atoms with Crippen LogP contribution in [0.25, 0.3) is 0 Å². The summed E-state index contributed by atoms with van der Waals surface area (Å²) in [5, 5.41) is 0. The van der Waals surface area contributed by atoms with Gasteiger partial charge in [-0.3, -0.25) is 11.3 Å². The number of ether oxygens (including phenoxy) is 1. The molecule has 0 bridgehead atoms. The topological polar surface area (TPSA) is 47.3 Å². The van der Waals surface area contributed by atoms with Crippen molar-refractivity contribution in [2.45, 2.75) is 50.7 Å². The quantitative estimate of drug-likeness (QED) is 0.603. The van der Waals surface area contributed by atoms with Gasteiger partial charge in [0.2, 0.25) is 0 Å². The lowest BCUT2D eigenvalue weighted by Crippen LogP contribution is -2.50. The van der Waals surface area contributed by atoms with Crippen LogP contribution in [0.5, 0.6) is 0 Å². The van der Waals surface area contributed by atoms with Crippen LogP contribution < -0.4 is 11.3 Å². The SMILES string of the molecule is COC(C1CCCCC1)C(Cc1cc(Br)ccc1F)NN. The molecule has 0 amide bonds. The van der Waals surface area contributed by atoms with Crippen LogP contribution in [-0.2, 0) is 11.2 Å². The van der Waals surface area contributed by atoms with E-state index in [-0.39, 0.29) is 18.0 Å². The highest BCUT2D eigenvalue weighted by Crippen LogP contribution is 2.30. The first-order valence-electron chi connectivity index (χ1n) is 7.58. The summed E-state index contributed by atoms with van der Waals surface area (Å²) in [7, 11) is 1.72. The maximum atomic E-state index is 13.9. The van der Waals surface area contributed by atoms with Crippen molar-refractivity contribution in [1.29, 1.82) is 0 Å². The Bertz CT molecular complexity index is 452. The highest BCUT2D eigenvalue weighted by Gasteiger charge is 2.30. The first kappa shape index (κ1) is 16.9. The molecule has 1 aromatic rings. The summed E-state index contributed by atoms with van der Waals surface area (Å²) in [6.07, 6.45) is 6.66. The summed E-state index contributed by atoms with van der Waals surface area (Å²) in [6, 6.07) is 4.92. The molecule has 1 aliphatic rings. The normalized spacial score (nSPS) is 19.4. The summed E-state index contributed by atoms with van der Waals surface area (Å²) in [6.45, 7) is 0. The highest BCUT2D eigenvalue weighted by molar-refractivity contribution is 9.10. The van der Waals surface area contributed by atoms with Gasteiger partial charge in [-0.15, -0.1) is 0 Å². The second-order valence-electron chi connectivity index (χ2n) is 5.81. The van der Waals surface area contributed by atoms with Crippen molar-refractivity contribution in [3.63, 3.8) is 0 Å². The Labute approximate surface area is 134 Å². The number of hydrazine groups is 1. The predicted octanol–water partition coefficient (Wildman–Crippen LogP) is 3.56. The molecule has 5 heteroatoms. The number of nitrogens with two attached hydrogens (primary N) is 1. The molecular formula is C16H24BrFN2O. The fraction of sp³-hybridized carbons (Fsp3) is 0.625.